The van der Waals surface area contributed by atoms with Crippen LogP contribution in [0.15, 0.2) is 18.2 Å². The van der Waals surface area contributed by atoms with Gasteiger partial charge in [0.25, 0.3) is 0 Å². The maximum Gasteiger partial charge on any atom is 0.322 e. The highest BCUT2D eigenvalue weighted by Gasteiger charge is 2.28. The number of hydrogen-bond acceptors (Lipinski definition) is 3. The van der Waals surface area contributed by atoms with E-state index in [9.17, 15) is 9.90 Å². The summed E-state index contributed by atoms with van der Waals surface area (Å²) in [5, 5.41) is 12.7. The molecule has 0 bridgehead atoms. The van der Waals surface area contributed by atoms with Crippen molar-refractivity contribution in [1.82, 2.24) is 4.90 Å². The lowest BCUT2D eigenvalue weighted by Crippen LogP contribution is -2.51. The monoisotopic (exact) mass is 320 g/mol. The molecule has 5 nitrogen and oxygen atoms in total. The maximum atomic E-state index is 12.7. The van der Waals surface area contributed by atoms with Gasteiger partial charge in [0.2, 0.25) is 0 Å². The predicted octanol–water partition coefficient (Wildman–Crippen LogP) is 2.82. The van der Waals surface area contributed by atoms with Gasteiger partial charge in [0.1, 0.15) is 0 Å². The molecule has 128 valence electrons. The van der Waals surface area contributed by atoms with Gasteiger partial charge >= 0.3 is 6.03 Å². The quantitative estimate of drug-likeness (QED) is 0.877. The molecule has 1 aliphatic heterocycles. The molecule has 1 saturated heterocycles. The van der Waals surface area contributed by atoms with Gasteiger partial charge in [0, 0.05) is 12.2 Å². The summed E-state index contributed by atoms with van der Waals surface area (Å²) >= 11 is 0. The van der Waals surface area contributed by atoms with E-state index >= 15 is 0 Å². The minimum Gasteiger partial charge on any atom is -0.393 e. The Balaban J connectivity index is 2.13. The molecule has 5 heteroatoms. The Hall–Kier alpha value is -1.59. The van der Waals surface area contributed by atoms with Crippen molar-refractivity contribution < 1.29 is 14.6 Å². The Morgan fingerprint density at radius 3 is 2.87 bits per heavy atom. The number of hydrogen-bond donors (Lipinski definition) is 2. The van der Waals surface area contributed by atoms with Crippen LogP contribution in [-0.2, 0) is 17.6 Å². The van der Waals surface area contributed by atoms with Crippen LogP contribution in [0.2, 0.25) is 0 Å². The number of ether oxygens (including phenoxy) is 1. The Morgan fingerprint density at radius 1 is 1.43 bits per heavy atom. The Bertz CT molecular complexity index is 531. The van der Waals surface area contributed by atoms with E-state index in [0.29, 0.717) is 26.2 Å². The summed E-state index contributed by atoms with van der Waals surface area (Å²) in [4.78, 5) is 14.5. The fourth-order valence-corrected chi connectivity index (χ4v) is 2.97. The van der Waals surface area contributed by atoms with E-state index in [4.69, 9.17) is 4.74 Å². The van der Waals surface area contributed by atoms with Gasteiger partial charge in [-0.05, 0) is 43.4 Å². The molecule has 0 unspecified atom stereocenters. The number of nitrogens with one attached hydrogen (secondary N) is 1. The fraction of sp³-hybridized carbons (Fsp3) is 0.611. The minimum atomic E-state index is -0.452. The summed E-state index contributed by atoms with van der Waals surface area (Å²) in [6.07, 6.45) is 1.89. The highest BCUT2D eigenvalue weighted by molar-refractivity contribution is 5.90. The molecule has 0 aromatic heterocycles. The molecule has 23 heavy (non-hydrogen) atoms. The molecule has 2 amide bonds. The number of nitrogens with zero attached hydrogens (tertiary/aromatic N) is 1. The molecule has 2 atom stereocenters. The molecule has 1 fully saturated rings. The Kier molecular flexibility index (Phi) is 6.42. The molecule has 0 saturated carbocycles. The van der Waals surface area contributed by atoms with Gasteiger partial charge in [-0.15, -0.1) is 0 Å². The third-order valence-corrected chi connectivity index (χ3v) is 4.31. The number of urea groups is 1. The van der Waals surface area contributed by atoms with Crippen molar-refractivity contribution in [2.24, 2.45) is 0 Å². The molecule has 2 N–H and O–H groups in total. The second-order valence-corrected chi connectivity index (χ2v) is 6.14. The van der Waals surface area contributed by atoms with Gasteiger partial charge in [-0.2, -0.15) is 0 Å². The third-order valence-electron chi connectivity index (χ3n) is 4.31. The smallest absolute Gasteiger partial charge is 0.322 e. The summed E-state index contributed by atoms with van der Waals surface area (Å²) in [6.45, 7) is 7.50. The summed E-state index contributed by atoms with van der Waals surface area (Å²) in [6, 6.07) is 6.06. The first-order chi connectivity index (χ1) is 11.0. The number of rotatable bonds is 5. The highest BCUT2D eigenvalue weighted by Crippen LogP contribution is 2.21. The summed E-state index contributed by atoms with van der Waals surface area (Å²) in [5.74, 6) is 0. The number of amides is 2. The molecule has 1 aromatic carbocycles. The number of carbonyl (C=O) groups is 1. The Labute approximate surface area is 138 Å². The maximum absolute atomic E-state index is 12.7. The standard InChI is InChI=1S/C18H28N2O3/c1-4-14-6-7-15(5-2)17(11-14)19-18(22)20-8-9-23-12-16(20)10-13(3)21/h6-7,11,13,16,21H,4-5,8-10,12H2,1-3H3,(H,19,22)/t13-,16+/m0/s1. The third kappa shape index (κ3) is 4.69. The zero-order valence-corrected chi connectivity index (χ0v) is 14.3. The van der Waals surface area contributed by atoms with E-state index in [2.05, 4.69) is 37.4 Å². The van der Waals surface area contributed by atoms with Gasteiger partial charge in [-0.1, -0.05) is 26.0 Å². The topological polar surface area (TPSA) is 61.8 Å². The first-order valence-electron chi connectivity index (χ1n) is 8.50. The number of aliphatic hydroxyl groups is 1. The summed E-state index contributed by atoms with van der Waals surface area (Å²) in [7, 11) is 0. The Morgan fingerprint density at radius 2 is 2.22 bits per heavy atom. The average Bonchev–Trinajstić information content (AvgIpc) is 2.54. The van der Waals surface area contributed by atoms with Gasteiger partial charge in [-0.3, -0.25) is 0 Å². The second-order valence-electron chi connectivity index (χ2n) is 6.14. The van der Waals surface area contributed by atoms with Crippen LogP contribution < -0.4 is 5.32 Å². The van der Waals surface area contributed by atoms with Crippen LogP contribution in [0.5, 0.6) is 0 Å². The zero-order valence-electron chi connectivity index (χ0n) is 14.3. The predicted molar refractivity (Wildman–Crippen MR) is 91.8 cm³/mol. The van der Waals surface area contributed by atoms with Gasteiger partial charge in [-0.25, -0.2) is 4.79 Å². The minimum absolute atomic E-state index is 0.0804. The molecule has 0 radical (unpaired) electrons. The van der Waals surface area contributed by atoms with Gasteiger partial charge in [0.05, 0.1) is 25.4 Å². The van der Waals surface area contributed by atoms with Crippen molar-refractivity contribution in [3.63, 3.8) is 0 Å². The normalized spacial score (nSPS) is 19.5. The summed E-state index contributed by atoms with van der Waals surface area (Å²) < 4.78 is 5.46. The van der Waals surface area contributed by atoms with Gasteiger partial charge < -0.3 is 20.1 Å². The van der Waals surface area contributed by atoms with E-state index in [1.807, 2.05) is 0 Å². The first-order valence-corrected chi connectivity index (χ1v) is 8.50. The number of aliphatic hydroxyl groups excluding tert-OH is 1. The van der Waals surface area contributed by atoms with Crippen molar-refractivity contribution in [1.29, 1.82) is 0 Å². The largest absolute Gasteiger partial charge is 0.393 e. The van der Waals surface area contributed by atoms with Crippen LogP contribution in [0.3, 0.4) is 0 Å². The van der Waals surface area contributed by atoms with Crippen LogP contribution in [0.4, 0.5) is 10.5 Å². The number of anilines is 1. The molecule has 1 aromatic rings. The average molecular weight is 320 g/mol. The van der Waals surface area contributed by atoms with Crippen LogP contribution in [0.1, 0.15) is 38.3 Å². The SMILES string of the molecule is CCc1ccc(CC)c(NC(=O)N2CCOC[C@H]2C[C@H](C)O)c1. The second kappa shape index (κ2) is 8.31. The van der Waals surface area contributed by atoms with E-state index in [1.54, 1.807) is 11.8 Å². The van der Waals surface area contributed by atoms with Gasteiger partial charge in [0.15, 0.2) is 0 Å². The van der Waals surface area contributed by atoms with E-state index in [1.165, 1.54) is 5.56 Å². The highest BCUT2D eigenvalue weighted by atomic mass is 16.5. The number of aryl methyl sites for hydroxylation is 2. The zero-order chi connectivity index (χ0) is 16.8. The van der Waals surface area contributed by atoms with Crippen molar-refractivity contribution >= 4 is 11.7 Å². The summed E-state index contributed by atoms with van der Waals surface area (Å²) in [5.41, 5.74) is 3.23. The number of benzene rings is 1. The number of morpholine rings is 1. The lowest BCUT2D eigenvalue weighted by atomic mass is 10.1. The molecule has 1 heterocycles. The fourth-order valence-electron chi connectivity index (χ4n) is 2.97. The molecule has 2 rings (SSSR count). The van der Waals surface area contributed by atoms with Crippen molar-refractivity contribution in [3.8, 4) is 0 Å². The lowest BCUT2D eigenvalue weighted by molar-refractivity contribution is -0.00160. The van der Waals surface area contributed by atoms with Crippen molar-refractivity contribution in [2.75, 3.05) is 25.1 Å². The first kappa shape index (κ1) is 17.8. The van der Waals surface area contributed by atoms with Crippen LogP contribution in [0, 0.1) is 0 Å². The van der Waals surface area contributed by atoms with E-state index in [-0.39, 0.29) is 12.1 Å². The van der Waals surface area contributed by atoms with Crippen molar-refractivity contribution in [3.05, 3.63) is 29.3 Å². The van der Waals surface area contributed by atoms with Crippen LogP contribution in [0.25, 0.3) is 0 Å². The molecular weight excluding hydrogens is 292 g/mol. The van der Waals surface area contributed by atoms with Crippen molar-refractivity contribution in [2.45, 2.75) is 52.2 Å². The van der Waals surface area contributed by atoms with E-state index in [0.717, 1.165) is 24.1 Å². The molecule has 0 spiro atoms. The molecular formula is C18H28N2O3. The van der Waals surface area contributed by atoms with Crippen LogP contribution >= 0.6 is 0 Å². The van der Waals surface area contributed by atoms with Crippen LogP contribution in [-0.4, -0.2) is 47.9 Å². The molecule has 1 aliphatic rings. The van der Waals surface area contributed by atoms with E-state index < -0.39 is 6.10 Å². The lowest BCUT2D eigenvalue weighted by Gasteiger charge is -2.36. The molecule has 0 aliphatic carbocycles. The number of carbonyl (C=O) groups excluding carboxylic acids is 1.